The lowest BCUT2D eigenvalue weighted by atomic mass is 10.1. The van der Waals surface area contributed by atoms with Gasteiger partial charge in [-0.05, 0) is 5.56 Å². The summed E-state index contributed by atoms with van der Waals surface area (Å²) >= 11 is 0. The average molecular weight is 240 g/mol. The molecule has 1 aliphatic rings. The summed E-state index contributed by atoms with van der Waals surface area (Å²) in [5.74, 6) is 0. The maximum absolute atomic E-state index is 9.67. The molecule has 0 radical (unpaired) electrons. The quantitative estimate of drug-likeness (QED) is 0.672. The second-order valence-corrected chi connectivity index (χ2v) is 4.04. The van der Waals surface area contributed by atoms with E-state index >= 15 is 0 Å². The highest BCUT2D eigenvalue weighted by Crippen LogP contribution is 2.17. The summed E-state index contributed by atoms with van der Waals surface area (Å²) in [6.45, 7) is 0.390. The Hall–Kier alpha value is -0.980. The molecule has 4 atom stereocenters. The lowest BCUT2D eigenvalue weighted by molar-refractivity contribution is -0.261. The van der Waals surface area contributed by atoms with E-state index in [1.807, 2.05) is 30.3 Å². The summed E-state index contributed by atoms with van der Waals surface area (Å²) in [6, 6.07) is 9.50. The van der Waals surface area contributed by atoms with Gasteiger partial charge in [0.2, 0.25) is 0 Å². The van der Waals surface area contributed by atoms with Crippen LogP contribution in [0.15, 0.2) is 30.3 Å². The molecule has 1 aromatic carbocycles. The lowest BCUT2D eigenvalue weighted by Gasteiger charge is -2.34. The normalized spacial score (nSPS) is 33.6. The molecule has 2 rings (SSSR count). The molecule has 5 nitrogen and oxygen atoms in total. The first kappa shape index (κ1) is 12.5. The first-order chi connectivity index (χ1) is 8.18. The van der Waals surface area contributed by atoms with Crippen molar-refractivity contribution in [2.45, 2.75) is 31.2 Å². The standard InChI is InChI=1S/C12H16O5/c13-10-9(7-17-12(15)11(10)14)16-6-8-4-2-1-3-5-8/h1-5,9-15H,6-7H2. The summed E-state index contributed by atoms with van der Waals surface area (Å²) in [5.41, 5.74) is 0.973. The molecule has 3 N–H and O–H groups in total. The van der Waals surface area contributed by atoms with Gasteiger partial charge >= 0.3 is 0 Å². The molecule has 0 amide bonds. The number of aliphatic hydroxyl groups excluding tert-OH is 3. The van der Waals surface area contributed by atoms with Gasteiger partial charge in [-0.25, -0.2) is 0 Å². The highest BCUT2D eigenvalue weighted by Gasteiger charge is 2.38. The van der Waals surface area contributed by atoms with Gasteiger partial charge in [0.1, 0.15) is 18.3 Å². The Morgan fingerprint density at radius 1 is 1.12 bits per heavy atom. The Morgan fingerprint density at radius 2 is 1.82 bits per heavy atom. The predicted octanol–water partition coefficient (Wildman–Crippen LogP) is -0.358. The van der Waals surface area contributed by atoms with Crippen molar-refractivity contribution in [2.24, 2.45) is 0 Å². The molecule has 0 bridgehead atoms. The van der Waals surface area contributed by atoms with Crippen molar-refractivity contribution in [1.82, 2.24) is 0 Å². The van der Waals surface area contributed by atoms with Crippen LogP contribution in [0.4, 0.5) is 0 Å². The van der Waals surface area contributed by atoms with Crippen LogP contribution in [0.25, 0.3) is 0 Å². The second-order valence-electron chi connectivity index (χ2n) is 4.04. The summed E-state index contributed by atoms with van der Waals surface area (Å²) in [4.78, 5) is 0. The van der Waals surface area contributed by atoms with Gasteiger partial charge in [0.05, 0.1) is 13.2 Å². The minimum absolute atomic E-state index is 0.0617. The molecular weight excluding hydrogens is 224 g/mol. The molecule has 1 aliphatic heterocycles. The van der Waals surface area contributed by atoms with Gasteiger partial charge in [-0.1, -0.05) is 30.3 Å². The zero-order chi connectivity index (χ0) is 12.3. The molecule has 5 heteroatoms. The Balaban J connectivity index is 1.87. The van der Waals surface area contributed by atoms with E-state index in [1.165, 1.54) is 0 Å². The molecule has 4 unspecified atom stereocenters. The van der Waals surface area contributed by atoms with E-state index in [0.717, 1.165) is 5.56 Å². The molecular formula is C12H16O5. The van der Waals surface area contributed by atoms with Crippen LogP contribution in [0.3, 0.4) is 0 Å². The predicted molar refractivity (Wildman–Crippen MR) is 59.0 cm³/mol. The first-order valence-corrected chi connectivity index (χ1v) is 5.50. The third-order valence-electron chi connectivity index (χ3n) is 2.76. The molecule has 17 heavy (non-hydrogen) atoms. The van der Waals surface area contributed by atoms with Crippen molar-refractivity contribution in [3.8, 4) is 0 Å². The van der Waals surface area contributed by atoms with E-state index in [0.29, 0.717) is 6.61 Å². The first-order valence-electron chi connectivity index (χ1n) is 5.50. The fourth-order valence-corrected chi connectivity index (χ4v) is 1.70. The number of aliphatic hydroxyl groups is 3. The lowest BCUT2D eigenvalue weighted by Crippen LogP contribution is -2.53. The monoisotopic (exact) mass is 240 g/mol. The Morgan fingerprint density at radius 3 is 2.53 bits per heavy atom. The van der Waals surface area contributed by atoms with Gasteiger partial charge in [0.15, 0.2) is 6.29 Å². The van der Waals surface area contributed by atoms with Crippen LogP contribution in [0.2, 0.25) is 0 Å². The van der Waals surface area contributed by atoms with E-state index in [1.54, 1.807) is 0 Å². The number of hydrogen-bond acceptors (Lipinski definition) is 5. The number of hydrogen-bond donors (Lipinski definition) is 3. The zero-order valence-corrected chi connectivity index (χ0v) is 9.27. The minimum Gasteiger partial charge on any atom is -0.387 e. The molecule has 1 heterocycles. The fraction of sp³-hybridized carbons (Fsp3) is 0.500. The van der Waals surface area contributed by atoms with Crippen LogP contribution < -0.4 is 0 Å². The zero-order valence-electron chi connectivity index (χ0n) is 9.27. The number of rotatable bonds is 3. The molecule has 0 aliphatic carbocycles. The van der Waals surface area contributed by atoms with Crippen molar-refractivity contribution in [3.63, 3.8) is 0 Å². The number of ether oxygens (including phenoxy) is 2. The van der Waals surface area contributed by atoms with Gasteiger partial charge < -0.3 is 24.8 Å². The van der Waals surface area contributed by atoms with E-state index in [2.05, 4.69) is 0 Å². The summed E-state index contributed by atoms with van der Waals surface area (Å²) in [7, 11) is 0. The third-order valence-corrected chi connectivity index (χ3v) is 2.76. The smallest absolute Gasteiger partial charge is 0.183 e. The maximum Gasteiger partial charge on any atom is 0.183 e. The minimum atomic E-state index is -1.35. The highest BCUT2D eigenvalue weighted by atomic mass is 16.6. The van der Waals surface area contributed by atoms with Crippen LogP contribution in [-0.4, -0.2) is 46.5 Å². The van der Waals surface area contributed by atoms with E-state index in [9.17, 15) is 10.2 Å². The van der Waals surface area contributed by atoms with Gasteiger partial charge in [-0.3, -0.25) is 0 Å². The van der Waals surface area contributed by atoms with Crippen LogP contribution in [-0.2, 0) is 16.1 Å². The summed E-state index contributed by atoms with van der Waals surface area (Å²) < 4.78 is 10.3. The van der Waals surface area contributed by atoms with E-state index < -0.39 is 24.6 Å². The molecule has 0 spiro atoms. The van der Waals surface area contributed by atoms with Gasteiger partial charge in [0.25, 0.3) is 0 Å². The van der Waals surface area contributed by atoms with Crippen molar-refractivity contribution in [3.05, 3.63) is 35.9 Å². The van der Waals surface area contributed by atoms with Crippen molar-refractivity contribution >= 4 is 0 Å². The maximum atomic E-state index is 9.67. The fourth-order valence-electron chi connectivity index (χ4n) is 1.70. The SMILES string of the molecule is OC1OCC(OCc2ccccc2)C(O)C1O. The molecule has 0 aromatic heterocycles. The van der Waals surface area contributed by atoms with Crippen molar-refractivity contribution < 1.29 is 24.8 Å². The Bertz CT molecular complexity index is 342. The Labute approximate surface area is 99.2 Å². The van der Waals surface area contributed by atoms with Gasteiger partial charge in [-0.15, -0.1) is 0 Å². The van der Waals surface area contributed by atoms with Crippen molar-refractivity contribution in [1.29, 1.82) is 0 Å². The summed E-state index contributed by atoms with van der Waals surface area (Å²) in [5, 5.41) is 28.2. The topological polar surface area (TPSA) is 79.2 Å². The number of benzene rings is 1. The summed E-state index contributed by atoms with van der Waals surface area (Å²) in [6.07, 6.45) is -4.44. The van der Waals surface area contributed by atoms with Gasteiger partial charge in [-0.2, -0.15) is 0 Å². The highest BCUT2D eigenvalue weighted by molar-refractivity contribution is 5.13. The van der Waals surface area contributed by atoms with Crippen molar-refractivity contribution in [2.75, 3.05) is 6.61 Å². The van der Waals surface area contributed by atoms with Crippen LogP contribution in [0, 0.1) is 0 Å². The van der Waals surface area contributed by atoms with E-state index in [-0.39, 0.29) is 6.61 Å². The van der Waals surface area contributed by atoms with Crippen LogP contribution in [0.5, 0.6) is 0 Å². The van der Waals surface area contributed by atoms with Gasteiger partial charge in [0, 0.05) is 0 Å². The third kappa shape index (κ3) is 3.02. The average Bonchev–Trinajstić information content (AvgIpc) is 2.36. The van der Waals surface area contributed by atoms with E-state index in [4.69, 9.17) is 14.6 Å². The molecule has 1 aromatic rings. The van der Waals surface area contributed by atoms with Crippen LogP contribution in [0.1, 0.15) is 5.56 Å². The molecule has 1 fully saturated rings. The van der Waals surface area contributed by atoms with Crippen LogP contribution >= 0.6 is 0 Å². The second kappa shape index (κ2) is 5.57. The largest absolute Gasteiger partial charge is 0.387 e. The molecule has 1 saturated heterocycles. The Kier molecular flexibility index (Phi) is 4.09. The molecule has 0 saturated carbocycles. The molecule has 94 valence electrons.